The van der Waals surface area contributed by atoms with E-state index in [1.54, 1.807) is 6.33 Å². The van der Waals surface area contributed by atoms with Crippen LogP contribution in [-0.4, -0.2) is 33.0 Å². The van der Waals surface area contributed by atoms with E-state index < -0.39 is 0 Å². The van der Waals surface area contributed by atoms with Crippen LogP contribution in [0.25, 0.3) is 22.1 Å². The summed E-state index contributed by atoms with van der Waals surface area (Å²) in [5, 5.41) is 1.03. The molecule has 4 heterocycles. The largest absolute Gasteiger partial charge is 0.450 e. The van der Waals surface area contributed by atoms with Crippen molar-refractivity contribution < 1.29 is 4.42 Å². The predicted octanol–water partition coefficient (Wildman–Crippen LogP) is 3.86. The molecule has 4 aromatic rings. The van der Waals surface area contributed by atoms with Gasteiger partial charge in [-0.05, 0) is 38.0 Å². The third kappa shape index (κ3) is 2.49. The zero-order chi connectivity index (χ0) is 17.5. The van der Waals surface area contributed by atoms with Crippen LogP contribution in [0.4, 0.5) is 5.82 Å². The second-order valence-corrected chi connectivity index (χ2v) is 6.79. The maximum Gasteiger partial charge on any atom is 0.196 e. The standard InChI is InChI=1S/C20H19N5O/c1-13-21-9-8-16(24-13)14-5-4-10-25(11-14)20-19-18(22-12-23-20)15-6-2-3-7-17(15)26-19/h2-3,6-9,12,14H,4-5,10-11H2,1H3/t14-/m0/s1. The van der Waals surface area contributed by atoms with Crippen LogP contribution < -0.4 is 4.90 Å². The average Bonchev–Trinajstić information content (AvgIpc) is 3.07. The Kier molecular flexibility index (Phi) is 3.55. The van der Waals surface area contributed by atoms with Crippen molar-refractivity contribution in [2.24, 2.45) is 0 Å². The number of piperidine rings is 1. The molecule has 1 fully saturated rings. The number of anilines is 1. The lowest BCUT2D eigenvalue weighted by Gasteiger charge is -2.33. The maximum absolute atomic E-state index is 6.10. The molecule has 1 saturated heterocycles. The molecule has 26 heavy (non-hydrogen) atoms. The zero-order valence-corrected chi connectivity index (χ0v) is 14.6. The van der Waals surface area contributed by atoms with Gasteiger partial charge in [0.05, 0.1) is 0 Å². The second kappa shape index (κ2) is 6.05. The summed E-state index contributed by atoms with van der Waals surface area (Å²) in [6.45, 7) is 3.77. The Hall–Kier alpha value is -3.02. The molecule has 0 spiro atoms. The number of hydrogen-bond donors (Lipinski definition) is 0. The molecule has 6 nitrogen and oxygen atoms in total. The van der Waals surface area contributed by atoms with Crippen molar-refractivity contribution in [3.05, 3.63) is 54.4 Å². The summed E-state index contributed by atoms with van der Waals surface area (Å²) in [4.78, 5) is 20.2. The average molecular weight is 345 g/mol. The first-order valence-electron chi connectivity index (χ1n) is 8.96. The van der Waals surface area contributed by atoms with Crippen molar-refractivity contribution in [2.45, 2.75) is 25.7 Å². The molecule has 0 N–H and O–H groups in total. The van der Waals surface area contributed by atoms with Crippen molar-refractivity contribution in [3.8, 4) is 0 Å². The van der Waals surface area contributed by atoms with Crippen molar-refractivity contribution in [2.75, 3.05) is 18.0 Å². The lowest BCUT2D eigenvalue weighted by molar-refractivity contribution is 0.495. The molecule has 5 rings (SSSR count). The van der Waals surface area contributed by atoms with E-state index >= 15 is 0 Å². The van der Waals surface area contributed by atoms with E-state index in [-0.39, 0.29) is 0 Å². The lowest BCUT2D eigenvalue weighted by Crippen LogP contribution is -2.35. The summed E-state index contributed by atoms with van der Waals surface area (Å²) in [5.41, 5.74) is 3.61. The highest BCUT2D eigenvalue weighted by Crippen LogP contribution is 2.35. The van der Waals surface area contributed by atoms with Crippen LogP contribution in [-0.2, 0) is 0 Å². The number of benzene rings is 1. The number of rotatable bonds is 2. The highest BCUT2D eigenvalue weighted by atomic mass is 16.3. The van der Waals surface area contributed by atoms with Gasteiger partial charge >= 0.3 is 0 Å². The molecule has 3 aromatic heterocycles. The Morgan fingerprint density at radius 1 is 1.12 bits per heavy atom. The van der Waals surface area contributed by atoms with Crippen molar-refractivity contribution in [1.29, 1.82) is 0 Å². The van der Waals surface area contributed by atoms with Crippen LogP contribution in [0.1, 0.15) is 30.3 Å². The molecule has 1 aliphatic rings. The SMILES string of the molecule is Cc1nccc([C@H]2CCCN(c3ncnc4c3oc3ccccc34)C2)n1. The number of hydrogen-bond acceptors (Lipinski definition) is 6. The van der Waals surface area contributed by atoms with E-state index in [1.807, 2.05) is 43.5 Å². The summed E-state index contributed by atoms with van der Waals surface area (Å²) in [5.74, 6) is 2.07. The zero-order valence-electron chi connectivity index (χ0n) is 14.6. The fourth-order valence-corrected chi connectivity index (χ4v) is 3.85. The Bertz CT molecular complexity index is 1090. The van der Waals surface area contributed by atoms with Crippen LogP contribution in [0.5, 0.6) is 0 Å². The Balaban J connectivity index is 1.55. The molecule has 0 saturated carbocycles. The first-order valence-corrected chi connectivity index (χ1v) is 8.96. The first kappa shape index (κ1) is 15.3. The third-order valence-corrected chi connectivity index (χ3v) is 5.08. The fraction of sp³-hybridized carbons (Fsp3) is 0.300. The van der Waals surface area contributed by atoms with E-state index in [9.17, 15) is 0 Å². The molecule has 0 amide bonds. The van der Waals surface area contributed by atoms with Crippen molar-refractivity contribution in [3.63, 3.8) is 0 Å². The van der Waals surface area contributed by atoms with E-state index in [0.717, 1.165) is 65.3 Å². The van der Waals surface area contributed by atoms with Gasteiger partial charge in [-0.15, -0.1) is 0 Å². The number of fused-ring (bicyclic) bond motifs is 3. The van der Waals surface area contributed by atoms with Gasteiger partial charge < -0.3 is 9.32 Å². The molecular formula is C20H19N5O. The summed E-state index contributed by atoms with van der Waals surface area (Å²) < 4.78 is 6.10. The Labute approximate surface area is 150 Å². The smallest absolute Gasteiger partial charge is 0.196 e. The molecule has 6 heteroatoms. The minimum atomic E-state index is 0.375. The molecule has 1 atom stereocenters. The molecule has 0 aliphatic carbocycles. The molecule has 1 aromatic carbocycles. The number of furan rings is 1. The minimum Gasteiger partial charge on any atom is -0.450 e. The Morgan fingerprint density at radius 2 is 2.04 bits per heavy atom. The number of nitrogens with zero attached hydrogens (tertiary/aromatic N) is 5. The van der Waals surface area contributed by atoms with Crippen LogP contribution in [0.15, 0.2) is 47.3 Å². The first-order chi connectivity index (χ1) is 12.8. The van der Waals surface area contributed by atoms with Gasteiger partial charge in [-0.2, -0.15) is 0 Å². The third-order valence-electron chi connectivity index (χ3n) is 5.08. The summed E-state index contributed by atoms with van der Waals surface area (Å²) in [6, 6.07) is 10.0. The summed E-state index contributed by atoms with van der Waals surface area (Å²) in [7, 11) is 0. The second-order valence-electron chi connectivity index (χ2n) is 6.79. The summed E-state index contributed by atoms with van der Waals surface area (Å²) in [6.07, 6.45) is 5.71. The van der Waals surface area contributed by atoms with Gasteiger partial charge in [-0.25, -0.2) is 19.9 Å². The predicted molar refractivity (Wildman–Crippen MR) is 100 cm³/mol. The van der Waals surface area contributed by atoms with E-state index in [1.165, 1.54) is 0 Å². The van der Waals surface area contributed by atoms with Crippen molar-refractivity contribution >= 4 is 27.9 Å². The van der Waals surface area contributed by atoms with Gasteiger partial charge in [-0.1, -0.05) is 12.1 Å². The van der Waals surface area contributed by atoms with Gasteiger partial charge in [-0.3, -0.25) is 0 Å². The lowest BCUT2D eigenvalue weighted by atomic mass is 9.94. The number of para-hydroxylation sites is 1. The summed E-state index contributed by atoms with van der Waals surface area (Å²) >= 11 is 0. The van der Waals surface area contributed by atoms with Crippen molar-refractivity contribution in [1.82, 2.24) is 19.9 Å². The van der Waals surface area contributed by atoms with Gasteiger partial charge in [0, 0.05) is 36.3 Å². The molecule has 0 radical (unpaired) electrons. The quantitative estimate of drug-likeness (QED) is 0.549. The highest BCUT2D eigenvalue weighted by molar-refractivity contribution is 6.05. The molecular weight excluding hydrogens is 326 g/mol. The number of aryl methyl sites for hydroxylation is 1. The van der Waals surface area contributed by atoms with Crippen LogP contribution >= 0.6 is 0 Å². The number of aromatic nitrogens is 4. The van der Waals surface area contributed by atoms with Crippen LogP contribution in [0.2, 0.25) is 0 Å². The minimum absolute atomic E-state index is 0.375. The van der Waals surface area contributed by atoms with E-state index in [2.05, 4.69) is 24.8 Å². The molecule has 0 unspecified atom stereocenters. The van der Waals surface area contributed by atoms with Gasteiger partial charge in [0.25, 0.3) is 0 Å². The topological polar surface area (TPSA) is 67.9 Å². The maximum atomic E-state index is 6.10. The van der Waals surface area contributed by atoms with E-state index in [4.69, 9.17) is 4.42 Å². The van der Waals surface area contributed by atoms with Gasteiger partial charge in [0.2, 0.25) is 0 Å². The van der Waals surface area contributed by atoms with Gasteiger partial charge in [0.1, 0.15) is 23.3 Å². The molecule has 130 valence electrons. The van der Waals surface area contributed by atoms with Gasteiger partial charge in [0.15, 0.2) is 11.4 Å². The monoisotopic (exact) mass is 345 g/mol. The normalized spacial score (nSPS) is 17.9. The fourth-order valence-electron chi connectivity index (χ4n) is 3.85. The molecule has 0 bridgehead atoms. The van der Waals surface area contributed by atoms with E-state index in [0.29, 0.717) is 5.92 Å². The van der Waals surface area contributed by atoms with Crippen LogP contribution in [0, 0.1) is 6.92 Å². The Morgan fingerprint density at radius 3 is 2.96 bits per heavy atom. The van der Waals surface area contributed by atoms with Crippen LogP contribution in [0.3, 0.4) is 0 Å². The highest BCUT2D eigenvalue weighted by Gasteiger charge is 2.26. The molecule has 1 aliphatic heterocycles.